The first-order valence-corrected chi connectivity index (χ1v) is 5.87. The van der Waals surface area contributed by atoms with Crippen LogP contribution in [-0.4, -0.2) is 41.1 Å². The van der Waals surface area contributed by atoms with Crippen LogP contribution in [0.15, 0.2) is 0 Å². The predicted octanol–water partition coefficient (Wildman–Crippen LogP) is 1.93. The summed E-state index contributed by atoms with van der Waals surface area (Å²) < 4.78 is 0. The van der Waals surface area contributed by atoms with E-state index in [9.17, 15) is 9.59 Å². The lowest BCUT2D eigenvalue weighted by Crippen LogP contribution is -2.51. The van der Waals surface area contributed by atoms with E-state index < -0.39 is 12.0 Å². The molecule has 0 fully saturated rings. The van der Waals surface area contributed by atoms with Crippen LogP contribution in [0, 0.1) is 5.41 Å². The molecular weight excluding hydrogens is 220 g/mol. The third-order valence-corrected chi connectivity index (χ3v) is 3.16. The number of hydrogen-bond acceptors (Lipinski definition) is 2. The van der Waals surface area contributed by atoms with Crippen LogP contribution >= 0.6 is 0 Å². The summed E-state index contributed by atoms with van der Waals surface area (Å²) in [6.07, 6.45) is 0.374. The molecule has 0 aromatic rings. The molecule has 0 saturated heterocycles. The topological polar surface area (TPSA) is 69.6 Å². The summed E-state index contributed by atoms with van der Waals surface area (Å²) in [6, 6.07) is -1.15. The average Bonchev–Trinajstić information content (AvgIpc) is 2.21. The minimum absolute atomic E-state index is 0.0220. The molecule has 0 radical (unpaired) electrons. The summed E-state index contributed by atoms with van der Waals surface area (Å²) in [7, 11) is 1.68. The summed E-state index contributed by atoms with van der Waals surface area (Å²) in [4.78, 5) is 24.2. The Balaban J connectivity index is 4.56. The minimum atomic E-state index is -1.00. The Kier molecular flexibility index (Phi) is 5.45. The Labute approximate surface area is 103 Å². The Bertz CT molecular complexity index is 284. The first-order valence-electron chi connectivity index (χ1n) is 5.87. The highest BCUT2D eigenvalue weighted by Gasteiger charge is 2.28. The highest BCUT2D eigenvalue weighted by Crippen LogP contribution is 2.22. The maximum absolute atomic E-state index is 11.9. The van der Waals surface area contributed by atoms with E-state index >= 15 is 0 Å². The van der Waals surface area contributed by atoms with E-state index in [0.717, 1.165) is 0 Å². The summed E-state index contributed by atoms with van der Waals surface area (Å²) in [5.74, 6) is -1.00. The highest BCUT2D eigenvalue weighted by molar-refractivity contribution is 5.82. The number of nitrogens with zero attached hydrogens (tertiary/aromatic N) is 1. The molecule has 0 aliphatic rings. The van der Waals surface area contributed by atoms with Gasteiger partial charge in [0.15, 0.2) is 0 Å². The zero-order chi connectivity index (χ0) is 13.8. The molecule has 5 heteroatoms. The molecule has 17 heavy (non-hydrogen) atoms. The number of hydrogen-bond donors (Lipinski definition) is 2. The molecule has 0 bridgehead atoms. The van der Waals surface area contributed by atoms with Gasteiger partial charge in [0.1, 0.15) is 6.04 Å². The van der Waals surface area contributed by atoms with Gasteiger partial charge in [-0.15, -0.1) is 0 Å². The van der Waals surface area contributed by atoms with Crippen molar-refractivity contribution in [2.45, 2.75) is 53.1 Å². The van der Waals surface area contributed by atoms with Crippen LogP contribution in [0.5, 0.6) is 0 Å². The number of carbonyl (C=O) groups is 2. The van der Waals surface area contributed by atoms with Crippen LogP contribution < -0.4 is 5.32 Å². The second-order valence-corrected chi connectivity index (χ2v) is 5.40. The molecule has 0 aromatic heterocycles. The number of urea groups is 1. The Morgan fingerprint density at radius 1 is 1.35 bits per heavy atom. The van der Waals surface area contributed by atoms with Crippen LogP contribution in [0.1, 0.15) is 41.0 Å². The number of rotatable bonds is 4. The smallest absolute Gasteiger partial charge is 0.326 e. The summed E-state index contributed by atoms with van der Waals surface area (Å²) in [6.45, 7) is 9.79. The first kappa shape index (κ1) is 15.7. The normalized spacial score (nSPS) is 14.9. The number of carboxylic acid groups (broad SMARTS) is 1. The van der Waals surface area contributed by atoms with Gasteiger partial charge >= 0.3 is 12.0 Å². The van der Waals surface area contributed by atoms with Gasteiger partial charge in [0.2, 0.25) is 0 Å². The summed E-state index contributed by atoms with van der Waals surface area (Å²) in [5, 5.41) is 11.4. The van der Waals surface area contributed by atoms with E-state index in [2.05, 4.69) is 5.32 Å². The van der Waals surface area contributed by atoms with E-state index in [1.807, 2.05) is 27.7 Å². The van der Waals surface area contributed by atoms with Crippen LogP contribution in [0.25, 0.3) is 0 Å². The number of aliphatic carboxylic acids is 1. The fourth-order valence-corrected chi connectivity index (χ4v) is 1.35. The van der Waals surface area contributed by atoms with Crippen LogP contribution in [-0.2, 0) is 4.79 Å². The van der Waals surface area contributed by atoms with E-state index in [1.165, 1.54) is 0 Å². The fourth-order valence-electron chi connectivity index (χ4n) is 1.35. The van der Waals surface area contributed by atoms with Crippen molar-refractivity contribution in [2.75, 3.05) is 7.05 Å². The second-order valence-electron chi connectivity index (χ2n) is 5.40. The third-order valence-electron chi connectivity index (χ3n) is 3.16. The predicted molar refractivity (Wildman–Crippen MR) is 66.9 cm³/mol. The maximum atomic E-state index is 11.9. The molecule has 0 saturated carbocycles. The lowest BCUT2D eigenvalue weighted by molar-refractivity contribution is -0.139. The van der Waals surface area contributed by atoms with Gasteiger partial charge in [-0.05, 0) is 18.8 Å². The van der Waals surface area contributed by atoms with Crippen molar-refractivity contribution in [3.63, 3.8) is 0 Å². The SMILES string of the molecule is CC[C@H](NC(=O)N(C)C(C)C(C)(C)C)C(=O)O. The van der Waals surface area contributed by atoms with Crippen LogP contribution in [0.4, 0.5) is 4.79 Å². The van der Waals surface area contributed by atoms with Gasteiger partial charge in [0, 0.05) is 13.1 Å². The monoisotopic (exact) mass is 244 g/mol. The van der Waals surface area contributed by atoms with Crippen molar-refractivity contribution in [3.8, 4) is 0 Å². The van der Waals surface area contributed by atoms with Crippen LogP contribution in [0.2, 0.25) is 0 Å². The molecule has 5 nitrogen and oxygen atoms in total. The summed E-state index contributed by atoms with van der Waals surface area (Å²) in [5.41, 5.74) is -0.0446. The van der Waals surface area contributed by atoms with Crippen molar-refractivity contribution in [1.29, 1.82) is 0 Å². The molecule has 2 amide bonds. The Morgan fingerprint density at radius 3 is 2.12 bits per heavy atom. The van der Waals surface area contributed by atoms with Crippen molar-refractivity contribution < 1.29 is 14.7 Å². The molecule has 0 aromatic carbocycles. The van der Waals surface area contributed by atoms with Gasteiger partial charge in [-0.3, -0.25) is 0 Å². The van der Waals surface area contributed by atoms with E-state index in [4.69, 9.17) is 5.11 Å². The van der Waals surface area contributed by atoms with Gasteiger partial charge in [-0.25, -0.2) is 9.59 Å². The lowest BCUT2D eigenvalue weighted by Gasteiger charge is -2.35. The fraction of sp³-hybridized carbons (Fsp3) is 0.833. The number of carboxylic acids is 1. The molecular formula is C12H24N2O3. The molecule has 0 aliphatic carbocycles. The molecule has 2 atom stereocenters. The van der Waals surface area contributed by atoms with Crippen molar-refractivity contribution in [3.05, 3.63) is 0 Å². The van der Waals surface area contributed by atoms with Crippen LogP contribution in [0.3, 0.4) is 0 Å². The standard InChI is InChI=1S/C12H24N2O3/c1-7-9(10(15)16)13-11(17)14(6)8(2)12(3,4)5/h8-9H,7H2,1-6H3,(H,13,17)(H,15,16)/t8?,9-/m0/s1. The molecule has 0 heterocycles. The highest BCUT2D eigenvalue weighted by atomic mass is 16.4. The van der Waals surface area contributed by atoms with Gasteiger partial charge in [0.05, 0.1) is 0 Å². The zero-order valence-corrected chi connectivity index (χ0v) is 11.6. The van der Waals surface area contributed by atoms with Crippen molar-refractivity contribution in [2.24, 2.45) is 5.41 Å². The number of nitrogens with one attached hydrogen (secondary N) is 1. The largest absolute Gasteiger partial charge is 0.480 e. The van der Waals surface area contributed by atoms with Gasteiger partial charge in [-0.1, -0.05) is 27.7 Å². The number of amides is 2. The van der Waals surface area contributed by atoms with Gasteiger partial charge in [-0.2, -0.15) is 0 Å². The van der Waals surface area contributed by atoms with Gasteiger partial charge < -0.3 is 15.3 Å². The Hall–Kier alpha value is -1.26. The van der Waals surface area contributed by atoms with Gasteiger partial charge in [0.25, 0.3) is 0 Å². The van der Waals surface area contributed by atoms with Crippen molar-refractivity contribution >= 4 is 12.0 Å². The average molecular weight is 244 g/mol. The van der Waals surface area contributed by atoms with E-state index in [0.29, 0.717) is 6.42 Å². The minimum Gasteiger partial charge on any atom is -0.480 e. The number of carbonyl (C=O) groups excluding carboxylic acids is 1. The molecule has 1 unspecified atom stereocenters. The van der Waals surface area contributed by atoms with Crippen molar-refractivity contribution in [1.82, 2.24) is 10.2 Å². The van der Waals surface area contributed by atoms with E-state index in [-0.39, 0.29) is 17.5 Å². The maximum Gasteiger partial charge on any atom is 0.326 e. The second kappa shape index (κ2) is 5.89. The third kappa shape index (κ3) is 4.63. The zero-order valence-electron chi connectivity index (χ0n) is 11.6. The lowest BCUT2D eigenvalue weighted by atomic mass is 9.87. The molecule has 0 rings (SSSR count). The Morgan fingerprint density at radius 2 is 1.82 bits per heavy atom. The molecule has 100 valence electrons. The summed E-state index contributed by atoms with van der Waals surface area (Å²) >= 11 is 0. The quantitative estimate of drug-likeness (QED) is 0.793. The molecule has 2 N–H and O–H groups in total. The van der Waals surface area contributed by atoms with E-state index in [1.54, 1.807) is 18.9 Å². The first-order chi connectivity index (χ1) is 7.61. The molecule has 0 aliphatic heterocycles. The molecule has 0 spiro atoms.